The molecule has 0 unspecified atom stereocenters. The Morgan fingerprint density at radius 3 is 2.73 bits per heavy atom. The van der Waals surface area contributed by atoms with Gasteiger partial charge in [0.1, 0.15) is 0 Å². The summed E-state index contributed by atoms with van der Waals surface area (Å²) < 4.78 is 0. The van der Waals surface area contributed by atoms with Crippen molar-refractivity contribution in [2.24, 2.45) is 5.92 Å². The molecule has 1 rings (SSSR count). The monoisotopic (exact) mass is 243 g/mol. The zero-order valence-corrected chi connectivity index (χ0v) is 10.9. The third-order valence-corrected chi connectivity index (χ3v) is 3.72. The normalized spacial score (nSPS) is 10.9. The van der Waals surface area contributed by atoms with Crippen LogP contribution in [0.2, 0.25) is 5.02 Å². The SMILES string of the molecule is CC(C)CCCSc1ccc(N)cc1Cl. The first-order chi connectivity index (χ1) is 7.09. The van der Waals surface area contributed by atoms with Gasteiger partial charge in [0.2, 0.25) is 0 Å². The van der Waals surface area contributed by atoms with Crippen LogP contribution in [0.25, 0.3) is 0 Å². The number of nitrogens with two attached hydrogens (primary N) is 1. The summed E-state index contributed by atoms with van der Waals surface area (Å²) >= 11 is 7.88. The fourth-order valence-electron chi connectivity index (χ4n) is 1.31. The molecular weight excluding hydrogens is 226 g/mol. The Balaban J connectivity index is 2.37. The van der Waals surface area contributed by atoms with E-state index >= 15 is 0 Å². The van der Waals surface area contributed by atoms with Crippen molar-refractivity contribution in [2.75, 3.05) is 11.5 Å². The van der Waals surface area contributed by atoms with Crippen molar-refractivity contribution < 1.29 is 0 Å². The fourth-order valence-corrected chi connectivity index (χ4v) is 2.55. The number of thioether (sulfide) groups is 1. The Labute approximate surface area is 101 Å². The second-order valence-corrected chi connectivity index (χ2v) is 5.62. The third kappa shape index (κ3) is 4.80. The van der Waals surface area contributed by atoms with E-state index in [9.17, 15) is 0 Å². The van der Waals surface area contributed by atoms with Crippen LogP contribution in [0.15, 0.2) is 23.1 Å². The Bertz CT molecular complexity index is 312. The molecule has 0 aliphatic rings. The van der Waals surface area contributed by atoms with Crippen molar-refractivity contribution in [3.8, 4) is 0 Å². The zero-order chi connectivity index (χ0) is 11.3. The highest BCUT2D eigenvalue weighted by atomic mass is 35.5. The molecule has 0 aliphatic heterocycles. The van der Waals surface area contributed by atoms with Crippen LogP contribution in [0, 0.1) is 5.92 Å². The van der Waals surface area contributed by atoms with Crippen LogP contribution in [0.5, 0.6) is 0 Å². The second kappa shape index (κ2) is 6.29. The van der Waals surface area contributed by atoms with Crippen molar-refractivity contribution in [1.82, 2.24) is 0 Å². The first-order valence-corrected chi connectivity index (χ1v) is 6.64. The average Bonchev–Trinajstić information content (AvgIpc) is 2.14. The molecule has 0 radical (unpaired) electrons. The molecule has 0 spiro atoms. The molecule has 1 nitrogen and oxygen atoms in total. The maximum atomic E-state index is 6.07. The molecule has 15 heavy (non-hydrogen) atoms. The van der Waals surface area contributed by atoms with Gasteiger partial charge < -0.3 is 5.73 Å². The van der Waals surface area contributed by atoms with E-state index < -0.39 is 0 Å². The molecule has 84 valence electrons. The highest BCUT2D eigenvalue weighted by molar-refractivity contribution is 7.99. The predicted molar refractivity (Wildman–Crippen MR) is 70.7 cm³/mol. The van der Waals surface area contributed by atoms with E-state index in [4.69, 9.17) is 17.3 Å². The molecule has 2 N–H and O–H groups in total. The quantitative estimate of drug-likeness (QED) is 0.470. The summed E-state index contributed by atoms with van der Waals surface area (Å²) in [5.74, 6) is 1.91. The van der Waals surface area contributed by atoms with E-state index in [1.807, 2.05) is 30.0 Å². The lowest BCUT2D eigenvalue weighted by molar-refractivity contribution is 0.579. The van der Waals surface area contributed by atoms with Crippen molar-refractivity contribution in [2.45, 2.75) is 31.6 Å². The summed E-state index contributed by atoms with van der Waals surface area (Å²) in [6, 6.07) is 5.71. The molecule has 0 amide bonds. The Morgan fingerprint density at radius 2 is 2.13 bits per heavy atom. The van der Waals surface area contributed by atoms with Gasteiger partial charge in [-0.15, -0.1) is 11.8 Å². The smallest absolute Gasteiger partial charge is 0.0562 e. The van der Waals surface area contributed by atoms with E-state index in [0.717, 1.165) is 27.3 Å². The van der Waals surface area contributed by atoms with Crippen LogP contribution in [-0.4, -0.2) is 5.75 Å². The molecule has 0 fully saturated rings. The molecule has 0 saturated carbocycles. The minimum absolute atomic E-state index is 0.728. The summed E-state index contributed by atoms with van der Waals surface area (Å²) in [6.45, 7) is 4.50. The van der Waals surface area contributed by atoms with E-state index in [1.54, 1.807) is 0 Å². The highest BCUT2D eigenvalue weighted by Crippen LogP contribution is 2.29. The van der Waals surface area contributed by atoms with Gasteiger partial charge in [0.05, 0.1) is 5.02 Å². The molecule has 0 bridgehead atoms. The van der Waals surface area contributed by atoms with Crippen LogP contribution >= 0.6 is 23.4 Å². The first-order valence-electron chi connectivity index (χ1n) is 5.27. The Hall–Kier alpha value is -0.340. The zero-order valence-electron chi connectivity index (χ0n) is 9.29. The van der Waals surface area contributed by atoms with Gasteiger partial charge in [-0.25, -0.2) is 0 Å². The van der Waals surface area contributed by atoms with E-state index in [-0.39, 0.29) is 0 Å². The standard InChI is InChI=1S/C12H18ClNS/c1-9(2)4-3-7-15-12-6-5-10(14)8-11(12)13/h5-6,8-9H,3-4,7,14H2,1-2H3. The number of hydrogen-bond donors (Lipinski definition) is 1. The molecule has 0 atom stereocenters. The van der Waals surface area contributed by atoms with Crippen LogP contribution in [-0.2, 0) is 0 Å². The average molecular weight is 244 g/mol. The first kappa shape index (κ1) is 12.7. The summed E-state index contributed by atoms with van der Waals surface area (Å²) in [6.07, 6.45) is 2.52. The van der Waals surface area contributed by atoms with Crippen molar-refractivity contribution in [3.63, 3.8) is 0 Å². The van der Waals surface area contributed by atoms with Gasteiger partial charge in [0, 0.05) is 10.6 Å². The summed E-state index contributed by atoms with van der Waals surface area (Å²) in [5, 5.41) is 0.768. The highest BCUT2D eigenvalue weighted by Gasteiger charge is 2.01. The van der Waals surface area contributed by atoms with Gasteiger partial charge in [-0.1, -0.05) is 31.9 Å². The number of hydrogen-bond acceptors (Lipinski definition) is 2. The van der Waals surface area contributed by atoms with Gasteiger partial charge in [0.25, 0.3) is 0 Å². The van der Waals surface area contributed by atoms with E-state index in [1.165, 1.54) is 12.8 Å². The van der Waals surface area contributed by atoms with Gasteiger partial charge in [-0.05, 0) is 36.3 Å². The summed E-state index contributed by atoms with van der Waals surface area (Å²) in [4.78, 5) is 1.13. The maximum Gasteiger partial charge on any atom is 0.0562 e. The van der Waals surface area contributed by atoms with Crippen LogP contribution in [0.4, 0.5) is 5.69 Å². The Kier molecular flexibility index (Phi) is 5.34. The number of benzene rings is 1. The Morgan fingerprint density at radius 1 is 1.40 bits per heavy atom. The molecule has 0 aliphatic carbocycles. The topological polar surface area (TPSA) is 26.0 Å². The number of halogens is 1. The van der Waals surface area contributed by atoms with Crippen molar-refractivity contribution in [1.29, 1.82) is 0 Å². The number of anilines is 1. The lowest BCUT2D eigenvalue weighted by atomic mass is 10.1. The molecule has 0 saturated heterocycles. The lowest BCUT2D eigenvalue weighted by Crippen LogP contribution is -1.89. The number of nitrogen functional groups attached to an aromatic ring is 1. The second-order valence-electron chi connectivity index (χ2n) is 4.07. The predicted octanol–water partition coefficient (Wildman–Crippen LogP) is 4.45. The largest absolute Gasteiger partial charge is 0.399 e. The minimum Gasteiger partial charge on any atom is -0.399 e. The van der Waals surface area contributed by atoms with Gasteiger partial charge in [0.15, 0.2) is 0 Å². The molecule has 3 heteroatoms. The molecule has 1 aromatic carbocycles. The fraction of sp³-hybridized carbons (Fsp3) is 0.500. The van der Waals surface area contributed by atoms with Gasteiger partial charge >= 0.3 is 0 Å². The van der Waals surface area contributed by atoms with E-state index in [0.29, 0.717) is 0 Å². The number of rotatable bonds is 5. The van der Waals surface area contributed by atoms with Gasteiger partial charge in [-0.2, -0.15) is 0 Å². The molecule has 0 aromatic heterocycles. The molecule has 1 aromatic rings. The molecule has 0 heterocycles. The van der Waals surface area contributed by atoms with Crippen LogP contribution in [0.3, 0.4) is 0 Å². The third-order valence-electron chi connectivity index (χ3n) is 2.14. The van der Waals surface area contributed by atoms with E-state index in [2.05, 4.69) is 13.8 Å². The summed E-state index contributed by atoms with van der Waals surface area (Å²) in [7, 11) is 0. The minimum atomic E-state index is 0.728. The van der Waals surface area contributed by atoms with Crippen LogP contribution < -0.4 is 5.73 Å². The summed E-state index contributed by atoms with van der Waals surface area (Å²) in [5.41, 5.74) is 6.36. The lowest BCUT2D eigenvalue weighted by Gasteiger charge is -2.06. The van der Waals surface area contributed by atoms with Crippen LogP contribution in [0.1, 0.15) is 26.7 Å². The van der Waals surface area contributed by atoms with Crippen molar-refractivity contribution >= 4 is 29.1 Å². The maximum absolute atomic E-state index is 6.07. The van der Waals surface area contributed by atoms with Crippen molar-refractivity contribution in [3.05, 3.63) is 23.2 Å². The molecular formula is C12H18ClNS. The van der Waals surface area contributed by atoms with Gasteiger partial charge in [-0.3, -0.25) is 0 Å².